The Labute approximate surface area is 162 Å². The summed E-state index contributed by atoms with van der Waals surface area (Å²) in [6, 6.07) is 11.1. The number of hydrogen-bond donors (Lipinski definition) is 1. The molecule has 0 radical (unpaired) electrons. The van der Waals surface area contributed by atoms with Crippen molar-refractivity contribution in [2.45, 2.75) is 65.0 Å². The molecule has 0 spiro atoms. The summed E-state index contributed by atoms with van der Waals surface area (Å²) in [6.07, 6.45) is 8.77. The van der Waals surface area contributed by atoms with Gasteiger partial charge in [0.25, 0.3) is 0 Å². The molecule has 1 aromatic heterocycles. The third-order valence-electron chi connectivity index (χ3n) is 5.25. The molecule has 0 aliphatic heterocycles. The molecule has 1 N–H and O–H groups in total. The number of rotatable bonds is 5. The maximum absolute atomic E-state index is 5.88. The molecule has 0 bridgehead atoms. The first-order chi connectivity index (χ1) is 12.6. The van der Waals surface area contributed by atoms with Gasteiger partial charge in [0, 0.05) is 30.7 Å². The Morgan fingerprint density at radius 3 is 2.65 bits per heavy atom. The Morgan fingerprint density at radius 1 is 1.23 bits per heavy atom. The second-order valence-electron chi connectivity index (χ2n) is 7.55. The molecule has 4 heteroatoms. The van der Waals surface area contributed by atoms with Crippen LogP contribution in [-0.4, -0.2) is 21.0 Å². The molecule has 3 rings (SSSR count). The van der Waals surface area contributed by atoms with Crippen molar-refractivity contribution >= 4 is 23.0 Å². The third kappa shape index (κ3) is 4.42. The summed E-state index contributed by atoms with van der Waals surface area (Å²) in [7, 11) is 0. The maximum atomic E-state index is 5.88. The number of nitrogens with zero attached hydrogens (tertiary/aromatic N) is 2. The lowest BCUT2D eigenvalue weighted by molar-refractivity contribution is 0.312. The second kappa shape index (κ2) is 8.63. The lowest BCUT2D eigenvalue weighted by Gasteiger charge is -2.32. The van der Waals surface area contributed by atoms with Crippen LogP contribution in [0.15, 0.2) is 42.7 Å². The topological polar surface area (TPSA) is 28.2 Å². The molecule has 0 unspecified atom stereocenters. The number of aryl methyl sites for hydroxylation is 1. The van der Waals surface area contributed by atoms with Crippen LogP contribution in [0.3, 0.4) is 0 Å². The largest absolute Gasteiger partial charge is 0.342 e. The van der Waals surface area contributed by atoms with Gasteiger partial charge < -0.3 is 10.2 Å². The number of thiocarbonyl (C=S) groups is 1. The summed E-state index contributed by atoms with van der Waals surface area (Å²) in [5, 5.41) is 4.39. The Balaban J connectivity index is 1.83. The lowest BCUT2D eigenvalue weighted by Crippen LogP contribution is -2.41. The van der Waals surface area contributed by atoms with Crippen molar-refractivity contribution in [2.75, 3.05) is 5.32 Å². The molecule has 26 heavy (non-hydrogen) atoms. The molecule has 1 saturated carbocycles. The van der Waals surface area contributed by atoms with Crippen molar-refractivity contribution < 1.29 is 0 Å². The van der Waals surface area contributed by atoms with Crippen LogP contribution < -0.4 is 5.32 Å². The van der Waals surface area contributed by atoms with Crippen LogP contribution in [0.5, 0.6) is 0 Å². The Morgan fingerprint density at radius 2 is 2.00 bits per heavy atom. The Bertz CT molecular complexity index is 736. The fraction of sp³-hybridized carbons (Fsp3) is 0.455. The van der Waals surface area contributed by atoms with Gasteiger partial charge in [-0.1, -0.05) is 44.9 Å². The van der Waals surface area contributed by atoms with E-state index in [1.54, 1.807) is 0 Å². The molecule has 0 atom stereocenters. The van der Waals surface area contributed by atoms with Gasteiger partial charge in [-0.15, -0.1) is 0 Å². The van der Waals surface area contributed by atoms with Crippen LogP contribution in [0.1, 0.15) is 62.1 Å². The highest BCUT2D eigenvalue weighted by Gasteiger charge is 2.25. The molecule has 1 aliphatic rings. The lowest BCUT2D eigenvalue weighted by atomic mass is 9.96. The summed E-state index contributed by atoms with van der Waals surface area (Å²) in [6.45, 7) is 7.46. The number of benzene rings is 1. The molecule has 1 fully saturated rings. The van der Waals surface area contributed by atoms with Crippen LogP contribution in [-0.2, 0) is 6.54 Å². The van der Waals surface area contributed by atoms with Gasteiger partial charge in [-0.3, -0.25) is 4.98 Å². The number of anilines is 1. The predicted octanol–water partition coefficient (Wildman–Crippen LogP) is 5.66. The number of aromatic nitrogens is 1. The molecule has 1 aromatic carbocycles. The van der Waals surface area contributed by atoms with Crippen LogP contribution in [0.4, 0.5) is 5.69 Å². The molecule has 3 nitrogen and oxygen atoms in total. The highest BCUT2D eigenvalue weighted by Crippen LogP contribution is 2.30. The van der Waals surface area contributed by atoms with Gasteiger partial charge in [0.15, 0.2) is 5.11 Å². The van der Waals surface area contributed by atoms with E-state index in [0.29, 0.717) is 12.0 Å². The van der Waals surface area contributed by atoms with Gasteiger partial charge in [0.1, 0.15) is 0 Å². The van der Waals surface area contributed by atoms with E-state index in [9.17, 15) is 0 Å². The fourth-order valence-corrected chi connectivity index (χ4v) is 4.34. The van der Waals surface area contributed by atoms with E-state index in [1.807, 2.05) is 18.5 Å². The second-order valence-corrected chi connectivity index (χ2v) is 7.94. The third-order valence-corrected chi connectivity index (χ3v) is 5.58. The first-order valence-corrected chi connectivity index (χ1v) is 10.0. The minimum Gasteiger partial charge on any atom is -0.342 e. The van der Waals surface area contributed by atoms with Crippen LogP contribution in [0.25, 0.3) is 0 Å². The van der Waals surface area contributed by atoms with Gasteiger partial charge in [0.05, 0.1) is 0 Å². The number of nitrogens with one attached hydrogen (secondary N) is 1. The van der Waals surface area contributed by atoms with Crippen molar-refractivity contribution in [3.8, 4) is 0 Å². The van der Waals surface area contributed by atoms with E-state index in [0.717, 1.165) is 17.3 Å². The van der Waals surface area contributed by atoms with Gasteiger partial charge in [-0.25, -0.2) is 0 Å². The molecule has 0 amide bonds. The van der Waals surface area contributed by atoms with E-state index < -0.39 is 0 Å². The summed E-state index contributed by atoms with van der Waals surface area (Å²) in [5.41, 5.74) is 5.01. The number of pyridine rings is 1. The first-order valence-electron chi connectivity index (χ1n) is 9.62. The zero-order chi connectivity index (χ0) is 18.5. The first kappa shape index (κ1) is 18.8. The highest BCUT2D eigenvalue weighted by atomic mass is 32.1. The van der Waals surface area contributed by atoms with E-state index in [-0.39, 0.29) is 0 Å². The molecular weight excluding hydrogens is 338 g/mol. The minimum absolute atomic E-state index is 0.458. The molecule has 1 aliphatic carbocycles. The predicted molar refractivity (Wildman–Crippen MR) is 114 cm³/mol. The van der Waals surface area contributed by atoms with Gasteiger partial charge in [-0.2, -0.15) is 0 Å². The minimum atomic E-state index is 0.458. The zero-order valence-electron chi connectivity index (χ0n) is 16.0. The van der Waals surface area contributed by atoms with Crippen molar-refractivity contribution in [1.29, 1.82) is 0 Å². The standard InChI is InChI=1S/C22H29N3S/c1-16(2)21-17(3)8-6-12-20(21)24-22(26)25(19-10-4-5-11-19)15-18-9-7-13-23-14-18/h6-9,12-14,16,19H,4-5,10-11,15H2,1-3H3,(H,24,26). The Hall–Kier alpha value is -1.94. The van der Waals surface area contributed by atoms with E-state index in [4.69, 9.17) is 12.2 Å². The molecule has 1 heterocycles. The van der Waals surface area contributed by atoms with Crippen LogP contribution in [0.2, 0.25) is 0 Å². The molecule has 138 valence electrons. The van der Waals surface area contributed by atoms with Crippen molar-refractivity contribution in [1.82, 2.24) is 9.88 Å². The summed E-state index contributed by atoms with van der Waals surface area (Å²) >= 11 is 5.88. The summed E-state index contributed by atoms with van der Waals surface area (Å²) in [5.74, 6) is 0.458. The van der Waals surface area contributed by atoms with Crippen LogP contribution >= 0.6 is 12.2 Å². The maximum Gasteiger partial charge on any atom is 0.173 e. The van der Waals surface area contributed by atoms with Crippen molar-refractivity contribution in [3.05, 3.63) is 59.4 Å². The van der Waals surface area contributed by atoms with Crippen molar-refractivity contribution in [3.63, 3.8) is 0 Å². The highest BCUT2D eigenvalue weighted by molar-refractivity contribution is 7.80. The van der Waals surface area contributed by atoms with Crippen LogP contribution in [0, 0.1) is 6.92 Å². The Kier molecular flexibility index (Phi) is 6.25. The average Bonchev–Trinajstić information content (AvgIpc) is 3.14. The average molecular weight is 368 g/mol. The van der Waals surface area contributed by atoms with Gasteiger partial charge >= 0.3 is 0 Å². The van der Waals surface area contributed by atoms with Gasteiger partial charge in [-0.05, 0) is 66.7 Å². The zero-order valence-corrected chi connectivity index (χ0v) is 16.9. The van der Waals surface area contributed by atoms with E-state index >= 15 is 0 Å². The van der Waals surface area contributed by atoms with E-state index in [1.165, 1.54) is 42.4 Å². The molecule has 2 aromatic rings. The normalized spacial score (nSPS) is 14.6. The summed E-state index contributed by atoms with van der Waals surface area (Å²) < 4.78 is 0. The number of hydrogen-bond acceptors (Lipinski definition) is 2. The van der Waals surface area contributed by atoms with E-state index in [2.05, 4.69) is 60.2 Å². The van der Waals surface area contributed by atoms with Gasteiger partial charge in [0.2, 0.25) is 0 Å². The molecular formula is C22H29N3S. The molecule has 0 saturated heterocycles. The quantitative estimate of drug-likeness (QED) is 0.691. The monoisotopic (exact) mass is 367 g/mol. The summed E-state index contributed by atoms with van der Waals surface area (Å²) in [4.78, 5) is 6.63. The smallest absolute Gasteiger partial charge is 0.173 e. The SMILES string of the molecule is Cc1cccc(NC(=S)N(Cc2cccnc2)C2CCCC2)c1C(C)C. The van der Waals surface area contributed by atoms with Crippen molar-refractivity contribution in [2.24, 2.45) is 0 Å². The fourth-order valence-electron chi connectivity index (χ4n) is 4.01.